The molecule has 0 amide bonds. The Kier molecular flexibility index (Phi) is 8.86. The molecule has 0 aliphatic heterocycles. The first-order valence-corrected chi connectivity index (χ1v) is 9.68. The van der Waals surface area contributed by atoms with Crippen LogP contribution in [0.2, 0.25) is 6.04 Å². The maximum absolute atomic E-state index is 10.2. The van der Waals surface area contributed by atoms with E-state index in [1.165, 1.54) is 0 Å². The molecule has 0 aliphatic carbocycles. The molecule has 0 aromatic heterocycles. The second-order valence-electron chi connectivity index (χ2n) is 4.89. The van der Waals surface area contributed by atoms with Crippen LogP contribution >= 0.6 is 0 Å². The number of rotatable bonds is 11. The first kappa shape index (κ1) is 17.8. The summed E-state index contributed by atoms with van der Waals surface area (Å²) in [5.74, 6) is 0. The summed E-state index contributed by atoms with van der Waals surface area (Å²) in [4.78, 5) is 13.8. The van der Waals surface area contributed by atoms with Gasteiger partial charge in [0.1, 0.15) is 0 Å². The molecule has 0 heterocycles. The van der Waals surface area contributed by atoms with Gasteiger partial charge in [0.2, 0.25) is 6.08 Å². The number of hydrogen-bond acceptors (Lipinski definition) is 4. The smallest absolute Gasteiger partial charge is 0.372 e. The highest BCUT2D eigenvalue weighted by atomic mass is 28.4. The third kappa shape index (κ3) is 5.94. The third-order valence-electron chi connectivity index (χ3n) is 3.13. The van der Waals surface area contributed by atoms with Gasteiger partial charge < -0.3 is 8.85 Å². The van der Waals surface area contributed by atoms with Gasteiger partial charge in [-0.2, -0.15) is 0 Å². The molecule has 0 saturated heterocycles. The number of aliphatic imine (C=N–C) groups is 1. The maximum atomic E-state index is 10.2. The normalized spacial score (nSPS) is 11.1. The molecule has 0 saturated carbocycles. The summed E-state index contributed by atoms with van der Waals surface area (Å²) in [5, 5.41) is 1.15. The van der Waals surface area contributed by atoms with Crippen LogP contribution in [0, 0.1) is 0 Å². The summed E-state index contributed by atoms with van der Waals surface area (Å²) in [6.45, 7) is 6.07. The molecular formula is C16H25NO3Si. The number of carbonyl (C=O) groups excluding carboxylic acids is 1. The average molecular weight is 307 g/mol. The fourth-order valence-corrected chi connectivity index (χ4v) is 5.55. The SMILES string of the molecule is CCCO[Si](CCCN=C=O)(OCCC)c1ccccc1. The lowest BCUT2D eigenvalue weighted by Crippen LogP contribution is -2.54. The van der Waals surface area contributed by atoms with Gasteiger partial charge in [0, 0.05) is 13.2 Å². The molecule has 4 nitrogen and oxygen atoms in total. The molecular weight excluding hydrogens is 282 g/mol. The first-order chi connectivity index (χ1) is 10.3. The summed E-state index contributed by atoms with van der Waals surface area (Å²) in [6, 6.07) is 11.0. The monoisotopic (exact) mass is 307 g/mol. The van der Waals surface area contributed by atoms with Crippen LogP contribution in [0.3, 0.4) is 0 Å². The van der Waals surface area contributed by atoms with Crippen molar-refractivity contribution >= 4 is 19.8 Å². The zero-order valence-corrected chi connectivity index (χ0v) is 14.0. The van der Waals surface area contributed by atoms with E-state index in [1.807, 2.05) is 18.2 Å². The lowest BCUT2D eigenvalue weighted by Gasteiger charge is -2.31. The molecule has 0 atom stereocenters. The van der Waals surface area contributed by atoms with Crippen molar-refractivity contribution < 1.29 is 13.6 Å². The molecule has 0 bridgehead atoms. The van der Waals surface area contributed by atoms with E-state index in [2.05, 4.69) is 31.0 Å². The van der Waals surface area contributed by atoms with Gasteiger partial charge >= 0.3 is 8.56 Å². The van der Waals surface area contributed by atoms with Crippen molar-refractivity contribution in [2.24, 2.45) is 4.99 Å². The van der Waals surface area contributed by atoms with Gasteiger partial charge in [0.25, 0.3) is 0 Å². The molecule has 116 valence electrons. The molecule has 0 N–H and O–H groups in total. The Labute approximate surface area is 128 Å². The summed E-state index contributed by atoms with van der Waals surface area (Å²) in [7, 11) is -2.45. The Morgan fingerprint density at radius 2 is 1.71 bits per heavy atom. The van der Waals surface area contributed by atoms with Crippen LogP contribution in [0.1, 0.15) is 33.1 Å². The first-order valence-electron chi connectivity index (χ1n) is 7.66. The molecule has 5 heteroatoms. The van der Waals surface area contributed by atoms with Gasteiger partial charge in [-0.1, -0.05) is 44.2 Å². The molecule has 0 radical (unpaired) electrons. The topological polar surface area (TPSA) is 47.9 Å². The van der Waals surface area contributed by atoms with E-state index in [0.717, 1.165) is 30.5 Å². The predicted octanol–water partition coefficient (Wildman–Crippen LogP) is 2.91. The van der Waals surface area contributed by atoms with Gasteiger partial charge in [0.05, 0.1) is 6.54 Å². The largest absolute Gasteiger partial charge is 0.391 e. The van der Waals surface area contributed by atoms with Crippen molar-refractivity contribution in [3.8, 4) is 0 Å². The van der Waals surface area contributed by atoms with Gasteiger partial charge in [-0.15, -0.1) is 0 Å². The van der Waals surface area contributed by atoms with Crippen LogP contribution in [0.25, 0.3) is 0 Å². The predicted molar refractivity (Wildman–Crippen MR) is 86.7 cm³/mol. The summed E-state index contributed by atoms with van der Waals surface area (Å²) in [5.41, 5.74) is 0. The zero-order chi connectivity index (χ0) is 15.4. The van der Waals surface area contributed by atoms with E-state index in [4.69, 9.17) is 8.85 Å². The second-order valence-corrected chi connectivity index (χ2v) is 8.05. The number of benzene rings is 1. The molecule has 21 heavy (non-hydrogen) atoms. The Morgan fingerprint density at radius 3 is 2.24 bits per heavy atom. The molecule has 0 fully saturated rings. The molecule has 0 unspecified atom stereocenters. The molecule has 0 aliphatic rings. The van der Waals surface area contributed by atoms with Gasteiger partial charge in [0.15, 0.2) is 0 Å². The minimum atomic E-state index is -2.45. The van der Waals surface area contributed by atoms with Gasteiger partial charge in [-0.25, -0.2) is 9.79 Å². The lowest BCUT2D eigenvalue weighted by atomic mass is 10.4. The van der Waals surface area contributed by atoms with Crippen molar-refractivity contribution in [3.63, 3.8) is 0 Å². The lowest BCUT2D eigenvalue weighted by molar-refractivity contribution is 0.179. The Balaban J connectivity index is 2.92. The maximum Gasteiger partial charge on any atom is 0.372 e. The highest BCUT2D eigenvalue weighted by molar-refractivity contribution is 6.81. The van der Waals surface area contributed by atoms with Crippen LogP contribution < -0.4 is 5.19 Å². The number of isocyanates is 1. The van der Waals surface area contributed by atoms with Crippen molar-refractivity contribution in [1.82, 2.24) is 0 Å². The minimum absolute atomic E-state index is 0.482. The van der Waals surface area contributed by atoms with Crippen molar-refractivity contribution in [3.05, 3.63) is 30.3 Å². The summed E-state index contributed by atoms with van der Waals surface area (Å²) in [6.07, 6.45) is 4.29. The Bertz CT molecular complexity index is 424. The molecule has 1 aromatic carbocycles. The van der Waals surface area contributed by atoms with Crippen LogP contribution in [0.15, 0.2) is 35.3 Å². The van der Waals surface area contributed by atoms with E-state index in [9.17, 15) is 4.79 Å². The van der Waals surface area contributed by atoms with Crippen LogP contribution in [-0.2, 0) is 13.6 Å². The standard InChI is InChI=1S/C16H25NO3Si/c1-3-12-19-21(20-13-4-2,14-8-11-17-15-18)16-9-6-5-7-10-16/h5-7,9-10H,3-4,8,11-14H2,1-2H3. The van der Waals surface area contributed by atoms with Crippen LogP contribution in [0.5, 0.6) is 0 Å². The van der Waals surface area contributed by atoms with E-state index in [-0.39, 0.29) is 0 Å². The highest BCUT2D eigenvalue weighted by Crippen LogP contribution is 2.18. The van der Waals surface area contributed by atoms with Gasteiger partial charge in [-0.3, -0.25) is 0 Å². The zero-order valence-electron chi connectivity index (χ0n) is 13.0. The molecule has 1 rings (SSSR count). The van der Waals surface area contributed by atoms with Crippen LogP contribution in [0.4, 0.5) is 0 Å². The van der Waals surface area contributed by atoms with E-state index >= 15 is 0 Å². The average Bonchev–Trinajstić information content (AvgIpc) is 2.54. The Morgan fingerprint density at radius 1 is 1.10 bits per heavy atom. The van der Waals surface area contributed by atoms with Crippen molar-refractivity contribution in [1.29, 1.82) is 0 Å². The fraction of sp³-hybridized carbons (Fsp3) is 0.562. The number of hydrogen-bond donors (Lipinski definition) is 0. The van der Waals surface area contributed by atoms with E-state index in [1.54, 1.807) is 6.08 Å². The minimum Gasteiger partial charge on any atom is -0.391 e. The quantitative estimate of drug-likeness (QED) is 0.273. The molecule has 0 spiro atoms. The van der Waals surface area contributed by atoms with Crippen molar-refractivity contribution in [2.75, 3.05) is 19.8 Å². The number of nitrogens with zero attached hydrogens (tertiary/aromatic N) is 1. The van der Waals surface area contributed by atoms with E-state index in [0.29, 0.717) is 19.8 Å². The van der Waals surface area contributed by atoms with Gasteiger partial charge in [-0.05, 0) is 30.5 Å². The second kappa shape index (κ2) is 10.5. The van der Waals surface area contributed by atoms with E-state index < -0.39 is 8.56 Å². The molecule has 1 aromatic rings. The summed E-state index contributed by atoms with van der Waals surface area (Å²) < 4.78 is 12.4. The third-order valence-corrected chi connectivity index (χ3v) is 6.70. The Hall–Kier alpha value is -1.26. The van der Waals surface area contributed by atoms with Crippen molar-refractivity contribution in [2.45, 2.75) is 39.2 Å². The highest BCUT2D eigenvalue weighted by Gasteiger charge is 2.39. The summed E-state index contributed by atoms with van der Waals surface area (Å²) >= 11 is 0. The van der Waals surface area contributed by atoms with Crippen LogP contribution in [-0.4, -0.2) is 34.4 Å². The fourth-order valence-electron chi connectivity index (χ4n) is 2.16.